The summed E-state index contributed by atoms with van der Waals surface area (Å²) in [7, 11) is 0. The highest BCUT2D eigenvalue weighted by Gasteiger charge is 1.87. The average Bonchev–Trinajstić information content (AvgIpc) is 2.09. The number of nitrogens with zero attached hydrogens (tertiary/aromatic N) is 1. The van der Waals surface area contributed by atoms with E-state index in [4.69, 9.17) is 5.73 Å². The molecule has 0 unspecified atom stereocenters. The lowest BCUT2D eigenvalue weighted by molar-refractivity contribution is 0.628. The first-order chi connectivity index (χ1) is 5.83. The normalized spacial score (nSPS) is 11.4. The van der Waals surface area contributed by atoms with Crippen LogP contribution in [-0.2, 0) is 0 Å². The van der Waals surface area contributed by atoms with Gasteiger partial charge in [0.1, 0.15) is 5.82 Å². The molecule has 0 radical (unpaired) electrons. The van der Waals surface area contributed by atoms with E-state index in [9.17, 15) is 4.39 Å². The second-order valence-electron chi connectivity index (χ2n) is 2.14. The molecule has 0 aliphatic carbocycles. The van der Waals surface area contributed by atoms with E-state index in [2.05, 4.69) is 4.99 Å². The molecule has 0 aliphatic heterocycles. The molecule has 0 bridgehead atoms. The second-order valence-corrected chi connectivity index (χ2v) is 2.14. The monoisotopic (exact) mass is 164 g/mol. The van der Waals surface area contributed by atoms with Crippen molar-refractivity contribution in [3.05, 3.63) is 42.4 Å². The summed E-state index contributed by atoms with van der Waals surface area (Å²) in [5, 5.41) is 0. The number of benzene rings is 1. The van der Waals surface area contributed by atoms with E-state index in [0.717, 1.165) is 0 Å². The lowest BCUT2D eigenvalue weighted by atomic mass is 10.3. The van der Waals surface area contributed by atoms with E-state index in [1.54, 1.807) is 24.4 Å². The fraction of sp³-hybridized carbons (Fsp3) is 0. The molecule has 0 amide bonds. The molecular formula is C9H9FN2. The maximum Gasteiger partial charge on any atom is 0.123 e. The highest BCUT2D eigenvalue weighted by atomic mass is 19.1. The number of hydrogen-bond donors (Lipinski definition) is 1. The average molecular weight is 164 g/mol. The SMILES string of the molecule is N/C=C\C=Nc1ccc(F)cc1. The zero-order chi connectivity index (χ0) is 8.81. The van der Waals surface area contributed by atoms with Crippen LogP contribution in [0.25, 0.3) is 0 Å². The summed E-state index contributed by atoms with van der Waals surface area (Å²) in [4.78, 5) is 3.98. The third kappa shape index (κ3) is 2.54. The maximum atomic E-state index is 12.4. The van der Waals surface area contributed by atoms with E-state index in [1.165, 1.54) is 18.3 Å². The molecule has 1 rings (SSSR count). The summed E-state index contributed by atoms with van der Waals surface area (Å²) in [5.41, 5.74) is 5.79. The first kappa shape index (κ1) is 8.46. The summed E-state index contributed by atoms with van der Waals surface area (Å²) in [5.74, 6) is -0.261. The summed E-state index contributed by atoms with van der Waals surface area (Å²) >= 11 is 0. The minimum atomic E-state index is -0.261. The van der Waals surface area contributed by atoms with E-state index in [1.807, 2.05) is 0 Å². The fourth-order valence-electron chi connectivity index (χ4n) is 0.706. The van der Waals surface area contributed by atoms with Crippen molar-refractivity contribution in [3.63, 3.8) is 0 Å². The predicted octanol–water partition coefficient (Wildman–Crippen LogP) is 2.00. The molecule has 0 saturated carbocycles. The van der Waals surface area contributed by atoms with Gasteiger partial charge in [0.25, 0.3) is 0 Å². The van der Waals surface area contributed by atoms with Crippen molar-refractivity contribution in [3.8, 4) is 0 Å². The zero-order valence-corrected chi connectivity index (χ0v) is 6.44. The Morgan fingerprint density at radius 2 is 1.92 bits per heavy atom. The smallest absolute Gasteiger partial charge is 0.123 e. The quantitative estimate of drug-likeness (QED) is 0.667. The lowest BCUT2D eigenvalue weighted by Gasteiger charge is -1.90. The molecule has 0 spiro atoms. The molecule has 2 nitrogen and oxygen atoms in total. The molecule has 2 N–H and O–H groups in total. The van der Waals surface area contributed by atoms with Crippen molar-refractivity contribution in [2.24, 2.45) is 10.7 Å². The Balaban J connectivity index is 2.70. The Morgan fingerprint density at radius 1 is 1.25 bits per heavy atom. The fourth-order valence-corrected chi connectivity index (χ4v) is 0.706. The van der Waals surface area contributed by atoms with Crippen LogP contribution in [0.15, 0.2) is 41.5 Å². The lowest BCUT2D eigenvalue weighted by Crippen LogP contribution is -1.76. The van der Waals surface area contributed by atoms with Crippen molar-refractivity contribution in [2.45, 2.75) is 0 Å². The molecule has 0 aliphatic rings. The minimum Gasteiger partial charge on any atom is -0.405 e. The molecule has 12 heavy (non-hydrogen) atoms. The Kier molecular flexibility index (Phi) is 3.02. The van der Waals surface area contributed by atoms with Crippen LogP contribution in [-0.4, -0.2) is 6.21 Å². The number of nitrogens with two attached hydrogens (primary N) is 1. The number of aliphatic imine (C=N–C) groups is 1. The van der Waals surface area contributed by atoms with Gasteiger partial charge in [0.2, 0.25) is 0 Å². The maximum absolute atomic E-state index is 12.4. The molecular weight excluding hydrogens is 155 g/mol. The molecule has 1 aromatic rings. The van der Waals surface area contributed by atoms with Gasteiger partial charge in [0, 0.05) is 6.21 Å². The van der Waals surface area contributed by atoms with Crippen LogP contribution in [0.1, 0.15) is 0 Å². The molecule has 1 aromatic carbocycles. The highest BCUT2D eigenvalue weighted by Crippen LogP contribution is 2.10. The van der Waals surface area contributed by atoms with Crippen molar-refractivity contribution in [2.75, 3.05) is 0 Å². The summed E-state index contributed by atoms with van der Waals surface area (Å²) in [6.45, 7) is 0. The summed E-state index contributed by atoms with van der Waals surface area (Å²) in [6.07, 6.45) is 4.53. The number of halogens is 1. The van der Waals surface area contributed by atoms with Crippen molar-refractivity contribution < 1.29 is 4.39 Å². The van der Waals surface area contributed by atoms with Crippen LogP contribution in [0.4, 0.5) is 10.1 Å². The molecule has 62 valence electrons. The topological polar surface area (TPSA) is 38.4 Å². The Morgan fingerprint density at radius 3 is 2.50 bits per heavy atom. The van der Waals surface area contributed by atoms with Crippen molar-refractivity contribution in [1.82, 2.24) is 0 Å². The van der Waals surface area contributed by atoms with Gasteiger partial charge >= 0.3 is 0 Å². The van der Waals surface area contributed by atoms with Crippen molar-refractivity contribution in [1.29, 1.82) is 0 Å². The van der Waals surface area contributed by atoms with Gasteiger partial charge in [-0.15, -0.1) is 0 Å². The number of rotatable bonds is 2. The molecule has 3 heteroatoms. The van der Waals surface area contributed by atoms with Crippen LogP contribution < -0.4 is 5.73 Å². The van der Waals surface area contributed by atoms with Gasteiger partial charge < -0.3 is 5.73 Å². The van der Waals surface area contributed by atoms with Gasteiger partial charge in [0.15, 0.2) is 0 Å². The van der Waals surface area contributed by atoms with Gasteiger partial charge in [-0.1, -0.05) is 0 Å². The van der Waals surface area contributed by atoms with Crippen LogP contribution >= 0.6 is 0 Å². The number of hydrogen-bond acceptors (Lipinski definition) is 2. The standard InChI is InChI=1S/C9H9FN2/c10-8-2-4-9(5-3-8)12-7-1-6-11/h1-7H,11H2/b6-1-,12-7?. The largest absolute Gasteiger partial charge is 0.405 e. The third-order valence-corrected chi connectivity index (χ3v) is 1.25. The molecule has 0 saturated heterocycles. The number of allylic oxidation sites excluding steroid dienone is 1. The van der Waals surface area contributed by atoms with Gasteiger partial charge in [-0.2, -0.15) is 0 Å². The Labute approximate surface area is 70.2 Å². The Hall–Kier alpha value is -1.64. The van der Waals surface area contributed by atoms with Gasteiger partial charge in [-0.25, -0.2) is 4.39 Å². The van der Waals surface area contributed by atoms with Gasteiger partial charge in [-0.05, 0) is 36.5 Å². The van der Waals surface area contributed by atoms with E-state index < -0.39 is 0 Å². The first-order valence-electron chi connectivity index (χ1n) is 3.49. The first-order valence-corrected chi connectivity index (χ1v) is 3.49. The van der Waals surface area contributed by atoms with E-state index >= 15 is 0 Å². The summed E-state index contributed by atoms with van der Waals surface area (Å²) < 4.78 is 12.4. The minimum absolute atomic E-state index is 0.261. The van der Waals surface area contributed by atoms with Crippen LogP contribution in [0.2, 0.25) is 0 Å². The summed E-state index contributed by atoms with van der Waals surface area (Å²) in [6, 6.07) is 5.91. The van der Waals surface area contributed by atoms with Crippen molar-refractivity contribution >= 4 is 11.9 Å². The Bertz CT molecular complexity index is 288. The van der Waals surface area contributed by atoms with Gasteiger partial charge in [0.05, 0.1) is 5.69 Å². The van der Waals surface area contributed by atoms with Gasteiger partial charge in [-0.3, -0.25) is 4.99 Å². The predicted molar refractivity (Wildman–Crippen MR) is 47.9 cm³/mol. The highest BCUT2D eigenvalue weighted by molar-refractivity contribution is 5.74. The van der Waals surface area contributed by atoms with Crippen LogP contribution in [0, 0.1) is 5.82 Å². The molecule has 0 heterocycles. The third-order valence-electron chi connectivity index (χ3n) is 1.25. The van der Waals surface area contributed by atoms with Crippen LogP contribution in [0.5, 0.6) is 0 Å². The zero-order valence-electron chi connectivity index (χ0n) is 6.44. The van der Waals surface area contributed by atoms with E-state index in [0.29, 0.717) is 5.69 Å². The van der Waals surface area contributed by atoms with Crippen LogP contribution in [0.3, 0.4) is 0 Å². The second kappa shape index (κ2) is 4.28. The molecule has 0 fully saturated rings. The molecule has 0 atom stereocenters. The molecule has 0 aromatic heterocycles. The van der Waals surface area contributed by atoms with E-state index in [-0.39, 0.29) is 5.82 Å².